The lowest BCUT2D eigenvalue weighted by molar-refractivity contribution is 0.390. The predicted octanol–water partition coefficient (Wildman–Crippen LogP) is 5.52. The largest absolute Gasteiger partial charge is 0.370 e. The highest BCUT2D eigenvalue weighted by Gasteiger charge is 2.29. The molecule has 1 atom stereocenters. The van der Waals surface area contributed by atoms with E-state index < -0.39 is 8.07 Å². The summed E-state index contributed by atoms with van der Waals surface area (Å²) in [6.45, 7) is 7.27. The Balaban J connectivity index is 2.11. The number of rotatable bonds is 3. The summed E-state index contributed by atoms with van der Waals surface area (Å²) in [5.41, 5.74) is 4.08. The molecule has 0 saturated carbocycles. The van der Waals surface area contributed by atoms with Crippen molar-refractivity contribution in [2.75, 3.05) is 7.05 Å². The summed E-state index contributed by atoms with van der Waals surface area (Å²) in [6.07, 6.45) is 4.82. The fourth-order valence-corrected chi connectivity index (χ4v) is 4.79. The Morgan fingerprint density at radius 1 is 0.826 bits per heavy atom. The Hall–Kier alpha value is -2.06. The van der Waals surface area contributed by atoms with Gasteiger partial charge >= 0.3 is 0 Å². The SMILES string of the molecule is CN1C=C([Si](C)(C)C)C(c2ccccc2)=CC1c1ccccc1. The third-order valence-corrected chi connectivity index (χ3v) is 6.43. The Labute approximate surface area is 141 Å². The Bertz CT molecular complexity index is 723. The highest BCUT2D eigenvalue weighted by Crippen LogP contribution is 2.38. The van der Waals surface area contributed by atoms with Gasteiger partial charge in [-0.1, -0.05) is 80.3 Å². The summed E-state index contributed by atoms with van der Waals surface area (Å²) in [5.74, 6) is 0. The lowest BCUT2D eigenvalue weighted by atomic mass is 9.96. The van der Waals surface area contributed by atoms with Crippen LogP contribution < -0.4 is 0 Å². The molecule has 1 unspecified atom stereocenters. The molecule has 0 amide bonds. The molecule has 0 spiro atoms. The third kappa shape index (κ3) is 3.32. The standard InChI is InChI=1S/C21H25NSi/c1-22-16-21(23(2,3)4)19(17-11-7-5-8-12-17)15-20(22)18-13-9-6-10-14-18/h5-16,20H,1-4H3. The molecule has 3 rings (SSSR count). The van der Waals surface area contributed by atoms with E-state index in [0.29, 0.717) is 6.04 Å². The molecule has 0 aromatic heterocycles. The zero-order valence-electron chi connectivity index (χ0n) is 14.5. The molecule has 1 heterocycles. The van der Waals surface area contributed by atoms with Crippen LogP contribution in [0.15, 0.2) is 78.1 Å². The summed E-state index contributed by atoms with van der Waals surface area (Å²) in [7, 11) is 0.767. The third-order valence-electron chi connectivity index (χ3n) is 4.42. The second-order valence-corrected chi connectivity index (χ2v) is 12.3. The van der Waals surface area contributed by atoms with Gasteiger partial charge in [0, 0.05) is 7.05 Å². The number of nitrogens with zero attached hydrogens (tertiary/aromatic N) is 1. The van der Waals surface area contributed by atoms with Gasteiger partial charge in [-0.15, -0.1) is 0 Å². The first-order chi connectivity index (χ1) is 11.0. The average molecular weight is 320 g/mol. The number of hydrogen-bond acceptors (Lipinski definition) is 1. The normalized spacial score (nSPS) is 18.4. The topological polar surface area (TPSA) is 3.24 Å². The van der Waals surface area contributed by atoms with Gasteiger partial charge in [-0.3, -0.25) is 0 Å². The lowest BCUT2D eigenvalue weighted by Crippen LogP contribution is -2.31. The van der Waals surface area contributed by atoms with Gasteiger partial charge in [-0.2, -0.15) is 0 Å². The van der Waals surface area contributed by atoms with Crippen molar-refractivity contribution in [1.29, 1.82) is 0 Å². The van der Waals surface area contributed by atoms with Crippen molar-refractivity contribution >= 4 is 13.6 Å². The van der Waals surface area contributed by atoms with Gasteiger partial charge in [-0.05, 0) is 34.2 Å². The first-order valence-corrected chi connectivity index (χ1v) is 11.7. The average Bonchev–Trinajstić information content (AvgIpc) is 2.55. The second kappa shape index (κ2) is 6.21. The van der Waals surface area contributed by atoms with Gasteiger partial charge in [0.15, 0.2) is 0 Å². The van der Waals surface area contributed by atoms with Gasteiger partial charge in [0.05, 0.1) is 14.1 Å². The van der Waals surface area contributed by atoms with Crippen LogP contribution in [0.3, 0.4) is 0 Å². The zero-order chi connectivity index (χ0) is 16.4. The van der Waals surface area contributed by atoms with Crippen molar-refractivity contribution < 1.29 is 0 Å². The van der Waals surface area contributed by atoms with E-state index >= 15 is 0 Å². The fourth-order valence-electron chi connectivity index (χ4n) is 3.17. The molecule has 0 fully saturated rings. The fraction of sp³-hybridized carbons (Fsp3) is 0.238. The van der Waals surface area contributed by atoms with E-state index in [2.05, 4.69) is 105 Å². The second-order valence-electron chi connectivity index (χ2n) is 7.26. The monoisotopic (exact) mass is 319 g/mol. The highest BCUT2D eigenvalue weighted by molar-refractivity contribution is 6.85. The van der Waals surface area contributed by atoms with E-state index in [1.165, 1.54) is 21.9 Å². The molecule has 118 valence electrons. The van der Waals surface area contributed by atoms with Crippen LogP contribution in [0.2, 0.25) is 19.6 Å². The van der Waals surface area contributed by atoms with E-state index in [1.807, 2.05) is 0 Å². The molecule has 0 N–H and O–H groups in total. The first kappa shape index (κ1) is 15.8. The molecule has 2 aromatic rings. The Morgan fingerprint density at radius 3 is 1.96 bits per heavy atom. The summed E-state index contributed by atoms with van der Waals surface area (Å²) >= 11 is 0. The summed E-state index contributed by atoms with van der Waals surface area (Å²) in [6, 6.07) is 21.9. The maximum Gasteiger partial charge on any atom is 0.0803 e. The van der Waals surface area contributed by atoms with E-state index in [9.17, 15) is 0 Å². The van der Waals surface area contributed by atoms with E-state index in [1.54, 1.807) is 0 Å². The van der Waals surface area contributed by atoms with Crippen LogP contribution in [0.25, 0.3) is 5.57 Å². The van der Waals surface area contributed by atoms with Crippen LogP contribution in [0.5, 0.6) is 0 Å². The van der Waals surface area contributed by atoms with Crippen LogP contribution in [0, 0.1) is 0 Å². The van der Waals surface area contributed by atoms with Crippen molar-refractivity contribution in [2.45, 2.75) is 25.7 Å². The van der Waals surface area contributed by atoms with Gasteiger partial charge in [0.25, 0.3) is 0 Å². The van der Waals surface area contributed by atoms with Crippen molar-refractivity contribution in [3.8, 4) is 0 Å². The molecule has 23 heavy (non-hydrogen) atoms. The van der Waals surface area contributed by atoms with Gasteiger partial charge in [0.1, 0.15) is 0 Å². The van der Waals surface area contributed by atoms with Crippen LogP contribution >= 0.6 is 0 Å². The molecule has 0 radical (unpaired) electrons. The molecule has 1 nitrogen and oxygen atoms in total. The Kier molecular flexibility index (Phi) is 4.27. The van der Waals surface area contributed by atoms with Gasteiger partial charge < -0.3 is 4.90 Å². The number of likely N-dealkylation sites (N-methyl/N-ethyl adjacent to an activating group) is 1. The van der Waals surface area contributed by atoms with E-state index in [4.69, 9.17) is 0 Å². The summed E-state index contributed by atoms with van der Waals surface area (Å²) < 4.78 is 0. The molecule has 1 aliphatic rings. The lowest BCUT2D eigenvalue weighted by Gasteiger charge is -2.36. The molecule has 0 bridgehead atoms. The Morgan fingerprint density at radius 2 is 1.39 bits per heavy atom. The maximum atomic E-state index is 2.44. The molecular weight excluding hydrogens is 294 g/mol. The minimum absolute atomic E-state index is 0.298. The van der Waals surface area contributed by atoms with Crippen LogP contribution in [0.4, 0.5) is 0 Å². The molecular formula is C21H25NSi. The number of hydrogen-bond donors (Lipinski definition) is 0. The van der Waals surface area contributed by atoms with E-state index in [0.717, 1.165) is 0 Å². The highest BCUT2D eigenvalue weighted by atomic mass is 28.3. The summed E-state index contributed by atoms with van der Waals surface area (Å²) in [5, 5.41) is 1.53. The molecule has 0 saturated heterocycles. The molecule has 0 aliphatic carbocycles. The summed E-state index contributed by atoms with van der Waals surface area (Å²) in [4.78, 5) is 2.36. The van der Waals surface area contributed by atoms with Crippen molar-refractivity contribution in [1.82, 2.24) is 4.90 Å². The zero-order valence-corrected chi connectivity index (χ0v) is 15.5. The molecule has 2 aromatic carbocycles. The molecule has 1 aliphatic heterocycles. The van der Waals surface area contributed by atoms with Gasteiger partial charge in [0.2, 0.25) is 0 Å². The van der Waals surface area contributed by atoms with E-state index in [-0.39, 0.29) is 0 Å². The van der Waals surface area contributed by atoms with Crippen molar-refractivity contribution in [3.05, 3.63) is 89.3 Å². The van der Waals surface area contributed by atoms with Gasteiger partial charge in [-0.25, -0.2) is 0 Å². The predicted molar refractivity (Wildman–Crippen MR) is 103 cm³/mol. The van der Waals surface area contributed by atoms with Crippen molar-refractivity contribution in [2.24, 2.45) is 0 Å². The van der Waals surface area contributed by atoms with Crippen LogP contribution in [0.1, 0.15) is 17.2 Å². The first-order valence-electron chi connectivity index (χ1n) is 8.23. The number of benzene rings is 2. The minimum atomic E-state index is -1.42. The van der Waals surface area contributed by atoms with Crippen LogP contribution in [-0.4, -0.2) is 20.0 Å². The molecule has 2 heteroatoms. The minimum Gasteiger partial charge on any atom is -0.370 e. The smallest absolute Gasteiger partial charge is 0.0803 e. The maximum absolute atomic E-state index is 2.44. The van der Waals surface area contributed by atoms with Crippen LogP contribution in [-0.2, 0) is 0 Å². The number of allylic oxidation sites excluding steroid dienone is 2. The quantitative estimate of drug-likeness (QED) is 0.673. The van der Waals surface area contributed by atoms with Crippen molar-refractivity contribution in [3.63, 3.8) is 0 Å².